The Morgan fingerprint density at radius 2 is 0.927 bits per heavy atom. The summed E-state index contributed by atoms with van der Waals surface area (Å²) in [5, 5.41) is 0. The number of hydrogen-bond acceptors (Lipinski definition) is 1. The molecular weight excluding hydrogens is 496 g/mol. The predicted molar refractivity (Wildman–Crippen MR) is 168 cm³/mol. The van der Waals surface area contributed by atoms with Gasteiger partial charge < -0.3 is 4.74 Å². The topological polar surface area (TPSA) is 9.23 Å². The zero-order valence-corrected chi connectivity index (χ0v) is 23.3. The first kappa shape index (κ1) is 24.0. The molecule has 1 nitrogen and oxygen atoms in total. The van der Waals surface area contributed by atoms with E-state index in [1.54, 1.807) is 0 Å². The molecule has 0 saturated carbocycles. The first-order chi connectivity index (χ1) is 20.1. The summed E-state index contributed by atoms with van der Waals surface area (Å²) in [5.74, 6) is 1.88. The second-order valence-corrected chi connectivity index (χ2v) is 11.7. The van der Waals surface area contributed by atoms with Gasteiger partial charge in [0.1, 0.15) is 11.5 Å². The zero-order valence-electron chi connectivity index (χ0n) is 23.3. The first-order valence-corrected chi connectivity index (χ1v) is 14.4. The minimum absolute atomic E-state index is 0.120. The van der Waals surface area contributed by atoms with Crippen molar-refractivity contribution in [2.24, 2.45) is 0 Å². The number of hydrogen-bond donors (Lipinski definition) is 0. The van der Waals surface area contributed by atoms with Crippen molar-refractivity contribution in [3.63, 3.8) is 0 Å². The third-order valence-electron chi connectivity index (χ3n) is 9.23. The van der Waals surface area contributed by atoms with Crippen LogP contribution in [0.3, 0.4) is 0 Å². The van der Waals surface area contributed by atoms with Gasteiger partial charge in [0.15, 0.2) is 0 Å². The molecular formula is C40H30O. The molecule has 0 spiro atoms. The zero-order chi connectivity index (χ0) is 27.6. The molecule has 0 N–H and O–H groups in total. The van der Waals surface area contributed by atoms with Crippen molar-refractivity contribution < 1.29 is 4.74 Å². The van der Waals surface area contributed by atoms with Crippen molar-refractivity contribution >= 4 is 0 Å². The summed E-state index contributed by atoms with van der Waals surface area (Å²) in [6.07, 6.45) is 0. The number of para-hydroxylation sites is 1. The molecule has 0 unspecified atom stereocenters. The molecule has 1 aliphatic carbocycles. The fourth-order valence-electron chi connectivity index (χ4n) is 7.27. The van der Waals surface area contributed by atoms with Gasteiger partial charge in [-0.15, -0.1) is 0 Å². The molecule has 196 valence electrons. The third-order valence-corrected chi connectivity index (χ3v) is 9.23. The van der Waals surface area contributed by atoms with Gasteiger partial charge in [0.25, 0.3) is 0 Å². The summed E-state index contributed by atoms with van der Waals surface area (Å²) in [6, 6.07) is 53.0. The average molecular weight is 527 g/mol. The van der Waals surface area contributed by atoms with Crippen LogP contribution in [0.5, 0.6) is 11.5 Å². The molecule has 8 rings (SSSR count). The Kier molecular flexibility index (Phi) is 5.15. The van der Waals surface area contributed by atoms with E-state index in [1.165, 1.54) is 50.1 Å². The van der Waals surface area contributed by atoms with Crippen LogP contribution in [0.4, 0.5) is 0 Å². The molecule has 0 radical (unpaired) electrons. The molecule has 0 fully saturated rings. The van der Waals surface area contributed by atoms with Gasteiger partial charge >= 0.3 is 0 Å². The van der Waals surface area contributed by atoms with Crippen LogP contribution in [0.25, 0.3) is 22.3 Å². The lowest BCUT2D eigenvalue weighted by molar-refractivity contribution is 0.418. The van der Waals surface area contributed by atoms with E-state index < -0.39 is 0 Å². The Morgan fingerprint density at radius 3 is 1.63 bits per heavy atom. The normalized spacial score (nSPS) is 15.2. The van der Waals surface area contributed by atoms with Crippen LogP contribution < -0.4 is 4.74 Å². The van der Waals surface area contributed by atoms with Gasteiger partial charge in [0.05, 0.1) is 5.41 Å². The maximum absolute atomic E-state index is 6.47. The quantitative estimate of drug-likeness (QED) is 0.223. The van der Waals surface area contributed by atoms with Gasteiger partial charge in [-0.25, -0.2) is 0 Å². The Labute approximate surface area is 241 Å². The van der Waals surface area contributed by atoms with Gasteiger partial charge in [-0.05, 0) is 62.7 Å². The minimum Gasteiger partial charge on any atom is -0.457 e. The Bertz CT molecular complexity index is 1890. The fraction of sp³-hybridized carbons (Fsp3) is 0.100. The van der Waals surface area contributed by atoms with E-state index in [0.717, 1.165) is 17.1 Å². The highest BCUT2D eigenvalue weighted by Gasteiger charge is 2.46. The van der Waals surface area contributed by atoms with Gasteiger partial charge in [-0.1, -0.05) is 141 Å². The minimum atomic E-state index is -0.375. The lowest BCUT2D eigenvalue weighted by atomic mass is 9.67. The molecule has 0 amide bonds. The standard InChI is InChI=1S/C40H30O/c1-39(2)35-19-11-12-20-37(35)41-38-26-28(22-24-36(38)39)27-21-23-34-32(25-27)31-17-9-10-18-33(31)40(34,29-13-5-3-6-14-29)30-15-7-4-8-16-30/h3-26H,1-2H3. The van der Waals surface area contributed by atoms with Crippen LogP contribution in [-0.4, -0.2) is 0 Å². The summed E-state index contributed by atoms with van der Waals surface area (Å²) >= 11 is 0. The summed E-state index contributed by atoms with van der Waals surface area (Å²) in [7, 11) is 0. The molecule has 6 aromatic carbocycles. The Morgan fingerprint density at radius 1 is 0.415 bits per heavy atom. The Hall–Kier alpha value is -4.88. The average Bonchev–Trinajstić information content (AvgIpc) is 3.32. The van der Waals surface area contributed by atoms with Gasteiger partial charge in [-0.2, -0.15) is 0 Å². The molecule has 6 aromatic rings. The van der Waals surface area contributed by atoms with E-state index in [0.29, 0.717) is 0 Å². The molecule has 0 saturated heterocycles. The van der Waals surface area contributed by atoms with Crippen molar-refractivity contribution in [2.45, 2.75) is 24.7 Å². The number of rotatable bonds is 3. The van der Waals surface area contributed by atoms with Crippen molar-refractivity contribution in [3.05, 3.63) is 179 Å². The van der Waals surface area contributed by atoms with Crippen LogP contribution in [-0.2, 0) is 10.8 Å². The molecule has 0 bridgehead atoms. The maximum atomic E-state index is 6.47. The molecule has 1 heteroatoms. The summed E-state index contributed by atoms with van der Waals surface area (Å²) < 4.78 is 6.47. The van der Waals surface area contributed by atoms with Gasteiger partial charge in [-0.3, -0.25) is 0 Å². The maximum Gasteiger partial charge on any atom is 0.132 e. The second-order valence-electron chi connectivity index (χ2n) is 11.7. The second kappa shape index (κ2) is 8.81. The largest absolute Gasteiger partial charge is 0.457 e. The van der Waals surface area contributed by atoms with E-state index in [9.17, 15) is 0 Å². The number of benzene rings is 6. The van der Waals surface area contributed by atoms with E-state index >= 15 is 0 Å². The van der Waals surface area contributed by atoms with Gasteiger partial charge in [0.2, 0.25) is 0 Å². The highest BCUT2D eigenvalue weighted by molar-refractivity contribution is 5.89. The van der Waals surface area contributed by atoms with Crippen LogP contribution in [0.15, 0.2) is 146 Å². The molecule has 1 heterocycles. The SMILES string of the molecule is CC1(C)c2ccccc2Oc2cc(-c3ccc4c(c3)-c3ccccc3C4(c3ccccc3)c3ccccc3)ccc21. The molecule has 1 aliphatic heterocycles. The van der Waals surface area contributed by atoms with Crippen molar-refractivity contribution in [1.29, 1.82) is 0 Å². The highest BCUT2D eigenvalue weighted by Crippen LogP contribution is 2.57. The van der Waals surface area contributed by atoms with Crippen LogP contribution in [0.2, 0.25) is 0 Å². The smallest absolute Gasteiger partial charge is 0.132 e. The lowest BCUT2D eigenvalue weighted by Gasteiger charge is -2.34. The van der Waals surface area contributed by atoms with Gasteiger partial charge in [0, 0.05) is 16.5 Å². The summed E-state index contributed by atoms with van der Waals surface area (Å²) in [4.78, 5) is 0. The monoisotopic (exact) mass is 526 g/mol. The van der Waals surface area contributed by atoms with Crippen LogP contribution in [0, 0.1) is 0 Å². The molecule has 0 atom stereocenters. The first-order valence-electron chi connectivity index (χ1n) is 14.4. The predicted octanol–water partition coefficient (Wildman–Crippen LogP) is 10.1. The number of ether oxygens (including phenoxy) is 1. The van der Waals surface area contributed by atoms with E-state index in [-0.39, 0.29) is 10.8 Å². The summed E-state index contributed by atoms with van der Waals surface area (Å²) in [6.45, 7) is 4.57. The molecule has 2 aliphatic rings. The highest BCUT2D eigenvalue weighted by atomic mass is 16.5. The van der Waals surface area contributed by atoms with Crippen LogP contribution in [0.1, 0.15) is 47.2 Å². The Balaban J connectivity index is 1.33. The fourth-order valence-corrected chi connectivity index (χ4v) is 7.27. The van der Waals surface area contributed by atoms with E-state index in [4.69, 9.17) is 4.74 Å². The molecule has 41 heavy (non-hydrogen) atoms. The van der Waals surface area contributed by atoms with Crippen molar-refractivity contribution in [3.8, 4) is 33.8 Å². The third kappa shape index (κ3) is 3.36. The number of fused-ring (bicyclic) bond motifs is 5. The van der Waals surface area contributed by atoms with Crippen molar-refractivity contribution in [2.75, 3.05) is 0 Å². The van der Waals surface area contributed by atoms with E-state index in [2.05, 4.69) is 153 Å². The van der Waals surface area contributed by atoms with Crippen molar-refractivity contribution in [1.82, 2.24) is 0 Å². The van der Waals surface area contributed by atoms with Crippen LogP contribution >= 0.6 is 0 Å². The van der Waals surface area contributed by atoms with E-state index in [1.807, 2.05) is 6.07 Å². The summed E-state index contributed by atoms with van der Waals surface area (Å²) in [5.41, 5.74) is 12.1. The lowest BCUT2D eigenvalue weighted by Crippen LogP contribution is -2.28. The molecule has 0 aromatic heterocycles.